The highest BCUT2D eigenvalue weighted by molar-refractivity contribution is 7.80. The summed E-state index contributed by atoms with van der Waals surface area (Å²) < 4.78 is 5.07. The van der Waals surface area contributed by atoms with Gasteiger partial charge in [0.15, 0.2) is 0 Å². The van der Waals surface area contributed by atoms with Gasteiger partial charge in [0.1, 0.15) is 0 Å². The fraction of sp³-hybridized carbons (Fsp3) is 0.217. The molecular weight excluding hydrogens is 340 g/mol. The number of hydrogen-bond acceptors (Lipinski definition) is 3. The third-order valence-corrected chi connectivity index (χ3v) is 4.50. The summed E-state index contributed by atoms with van der Waals surface area (Å²) in [5.74, 6) is -0.296. The molecule has 0 unspecified atom stereocenters. The summed E-state index contributed by atoms with van der Waals surface area (Å²) in [5.41, 5.74) is 5.89. The Kier molecular flexibility index (Phi) is 7.05. The zero-order valence-corrected chi connectivity index (χ0v) is 16.4. The zero-order chi connectivity index (χ0) is 19.1. The van der Waals surface area contributed by atoms with Gasteiger partial charge in [0, 0.05) is 11.3 Å². The summed E-state index contributed by atoms with van der Waals surface area (Å²) in [5, 5.41) is 0. The van der Waals surface area contributed by atoms with Gasteiger partial charge in [-0.1, -0.05) is 61.3 Å². The van der Waals surface area contributed by atoms with Crippen LogP contribution in [0, 0.1) is 0 Å². The standard InChI is InChI=1S/C23H24O2S/c1-5-25-23(24)21-11-7-8-18(14-21)12-17(4)20-10-6-9-19(13-20)15-22(26)16(2)3/h6-14H,2,5,15H2,1,3-4H3. The zero-order valence-electron chi connectivity index (χ0n) is 15.5. The van der Waals surface area contributed by atoms with Crippen LogP contribution in [0.15, 0.2) is 60.7 Å². The largest absolute Gasteiger partial charge is 0.462 e. The van der Waals surface area contributed by atoms with Crippen molar-refractivity contribution in [3.05, 3.63) is 82.9 Å². The van der Waals surface area contributed by atoms with E-state index < -0.39 is 0 Å². The fourth-order valence-electron chi connectivity index (χ4n) is 2.57. The Morgan fingerprint density at radius 2 is 1.81 bits per heavy atom. The van der Waals surface area contributed by atoms with E-state index >= 15 is 0 Å². The molecule has 0 heterocycles. The van der Waals surface area contributed by atoms with Gasteiger partial charge in [-0.2, -0.15) is 0 Å². The maximum atomic E-state index is 11.9. The van der Waals surface area contributed by atoms with E-state index in [1.165, 1.54) is 5.56 Å². The van der Waals surface area contributed by atoms with Gasteiger partial charge in [0.05, 0.1) is 12.2 Å². The number of carbonyl (C=O) groups is 1. The smallest absolute Gasteiger partial charge is 0.338 e. The second-order valence-electron chi connectivity index (χ2n) is 6.25. The van der Waals surface area contributed by atoms with Crippen LogP contribution in [0.25, 0.3) is 11.6 Å². The summed E-state index contributed by atoms with van der Waals surface area (Å²) >= 11 is 5.38. The van der Waals surface area contributed by atoms with Crippen LogP contribution in [0.3, 0.4) is 0 Å². The molecule has 0 fully saturated rings. The van der Waals surface area contributed by atoms with Crippen molar-refractivity contribution in [2.75, 3.05) is 6.61 Å². The average Bonchev–Trinajstić information content (AvgIpc) is 2.62. The molecule has 0 bridgehead atoms. The molecule has 26 heavy (non-hydrogen) atoms. The number of rotatable bonds is 7. The number of allylic oxidation sites excluding steroid dienone is 2. The number of hydrogen-bond donors (Lipinski definition) is 0. The number of thiocarbonyl (C=S) groups is 1. The Hall–Kier alpha value is -2.52. The van der Waals surface area contributed by atoms with Gasteiger partial charge in [0.2, 0.25) is 0 Å². The molecule has 0 atom stereocenters. The second-order valence-corrected chi connectivity index (χ2v) is 6.75. The molecule has 0 saturated carbocycles. The number of ether oxygens (including phenoxy) is 1. The van der Waals surface area contributed by atoms with Crippen molar-refractivity contribution >= 4 is 34.7 Å². The first-order chi connectivity index (χ1) is 12.4. The molecule has 134 valence electrons. The van der Waals surface area contributed by atoms with Crippen LogP contribution >= 0.6 is 12.2 Å². The lowest BCUT2D eigenvalue weighted by Crippen LogP contribution is -2.04. The van der Waals surface area contributed by atoms with Crippen molar-refractivity contribution in [3.63, 3.8) is 0 Å². The van der Waals surface area contributed by atoms with E-state index in [9.17, 15) is 4.79 Å². The first kappa shape index (κ1) is 19.8. The first-order valence-corrected chi connectivity index (χ1v) is 9.05. The van der Waals surface area contributed by atoms with Crippen molar-refractivity contribution in [2.45, 2.75) is 27.2 Å². The van der Waals surface area contributed by atoms with E-state index in [1.807, 2.05) is 31.2 Å². The minimum Gasteiger partial charge on any atom is -0.462 e. The fourth-order valence-corrected chi connectivity index (χ4v) is 2.73. The average molecular weight is 365 g/mol. The Balaban J connectivity index is 2.24. The van der Waals surface area contributed by atoms with Gasteiger partial charge in [-0.15, -0.1) is 0 Å². The Morgan fingerprint density at radius 1 is 1.12 bits per heavy atom. The Morgan fingerprint density at radius 3 is 2.50 bits per heavy atom. The van der Waals surface area contributed by atoms with Crippen molar-refractivity contribution in [3.8, 4) is 0 Å². The summed E-state index contributed by atoms with van der Waals surface area (Å²) in [6.45, 7) is 10.1. The highest BCUT2D eigenvalue weighted by Gasteiger charge is 2.07. The molecule has 2 rings (SSSR count). The van der Waals surface area contributed by atoms with Gasteiger partial charge in [-0.25, -0.2) is 4.79 Å². The van der Waals surface area contributed by atoms with Crippen LogP contribution in [-0.4, -0.2) is 17.4 Å². The lowest BCUT2D eigenvalue weighted by molar-refractivity contribution is 0.0526. The summed E-state index contributed by atoms with van der Waals surface area (Å²) in [7, 11) is 0. The third kappa shape index (κ3) is 5.50. The van der Waals surface area contributed by atoms with Gasteiger partial charge >= 0.3 is 5.97 Å². The van der Waals surface area contributed by atoms with Gasteiger partial charge in [0.25, 0.3) is 0 Å². The molecule has 0 radical (unpaired) electrons. The van der Waals surface area contributed by atoms with E-state index in [2.05, 4.69) is 37.8 Å². The van der Waals surface area contributed by atoms with Gasteiger partial charge < -0.3 is 4.74 Å². The van der Waals surface area contributed by atoms with Gasteiger partial charge in [-0.3, -0.25) is 0 Å². The third-order valence-electron chi connectivity index (χ3n) is 4.00. The topological polar surface area (TPSA) is 26.3 Å². The van der Waals surface area contributed by atoms with E-state index in [0.29, 0.717) is 12.2 Å². The predicted molar refractivity (Wildman–Crippen MR) is 114 cm³/mol. The lowest BCUT2D eigenvalue weighted by atomic mass is 9.99. The van der Waals surface area contributed by atoms with Crippen LogP contribution in [0.5, 0.6) is 0 Å². The highest BCUT2D eigenvalue weighted by atomic mass is 32.1. The SMILES string of the molecule is C=C(C)C(=S)Cc1cccc(C(C)=Cc2cccc(C(=O)OCC)c2)c1. The number of carbonyl (C=O) groups excluding carboxylic acids is 1. The van der Waals surface area contributed by atoms with E-state index in [0.717, 1.165) is 33.6 Å². The van der Waals surface area contributed by atoms with Crippen LogP contribution in [0.1, 0.15) is 47.8 Å². The highest BCUT2D eigenvalue weighted by Crippen LogP contribution is 2.20. The molecule has 0 aliphatic rings. The first-order valence-electron chi connectivity index (χ1n) is 8.64. The minimum absolute atomic E-state index is 0.296. The van der Waals surface area contributed by atoms with Crippen LogP contribution in [0.2, 0.25) is 0 Å². The number of esters is 1. The van der Waals surface area contributed by atoms with E-state index in [1.54, 1.807) is 13.0 Å². The van der Waals surface area contributed by atoms with E-state index in [-0.39, 0.29) is 5.97 Å². The molecule has 0 amide bonds. The molecule has 3 heteroatoms. The van der Waals surface area contributed by atoms with Crippen LogP contribution < -0.4 is 0 Å². The molecule has 2 nitrogen and oxygen atoms in total. The molecule has 0 aliphatic heterocycles. The molecule has 0 aliphatic carbocycles. The molecule has 0 spiro atoms. The summed E-state index contributed by atoms with van der Waals surface area (Å²) in [6, 6.07) is 15.8. The van der Waals surface area contributed by atoms with Crippen LogP contribution in [-0.2, 0) is 11.2 Å². The molecule has 2 aromatic carbocycles. The molecule has 2 aromatic rings. The van der Waals surface area contributed by atoms with Crippen molar-refractivity contribution in [1.29, 1.82) is 0 Å². The molecule has 0 saturated heterocycles. The van der Waals surface area contributed by atoms with Crippen molar-refractivity contribution in [1.82, 2.24) is 0 Å². The monoisotopic (exact) mass is 364 g/mol. The normalized spacial score (nSPS) is 11.1. The molecule has 0 aromatic heterocycles. The lowest BCUT2D eigenvalue weighted by Gasteiger charge is -2.08. The minimum atomic E-state index is -0.296. The van der Waals surface area contributed by atoms with Crippen LogP contribution in [0.4, 0.5) is 0 Å². The summed E-state index contributed by atoms with van der Waals surface area (Å²) in [4.78, 5) is 12.8. The van der Waals surface area contributed by atoms with Crippen molar-refractivity contribution < 1.29 is 9.53 Å². The van der Waals surface area contributed by atoms with Gasteiger partial charge in [-0.05, 0) is 60.7 Å². The molecular formula is C23H24O2S. The quantitative estimate of drug-likeness (QED) is 0.264. The second kappa shape index (κ2) is 9.25. The number of benzene rings is 2. The Labute approximate surface area is 161 Å². The maximum absolute atomic E-state index is 11.9. The summed E-state index contributed by atoms with van der Waals surface area (Å²) in [6.07, 6.45) is 2.79. The maximum Gasteiger partial charge on any atom is 0.338 e. The molecule has 0 N–H and O–H groups in total. The Bertz CT molecular complexity index is 862. The predicted octanol–water partition coefficient (Wildman–Crippen LogP) is 5.91. The van der Waals surface area contributed by atoms with E-state index in [4.69, 9.17) is 17.0 Å². The van der Waals surface area contributed by atoms with Crippen molar-refractivity contribution in [2.24, 2.45) is 0 Å².